The summed E-state index contributed by atoms with van der Waals surface area (Å²) in [6.45, 7) is 5.63. The van der Waals surface area contributed by atoms with Crippen LogP contribution in [-0.4, -0.2) is 37.6 Å². The van der Waals surface area contributed by atoms with E-state index in [0.717, 1.165) is 19.3 Å². The molecule has 14 heavy (non-hydrogen) atoms. The Hall–Kier alpha value is -0.120. The number of hydrogen-bond acceptors (Lipinski definition) is 3. The molecule has 0 aromatic carbocycles. The zero-order valence-corrected chi connectivity index (χ0v) is 9.45. The summed E-state index contributed by atoms with van der Waals surface area (Å²) >= 11 is 0. The Balaban J connectivity index is 2.33. The molecule has 0 saturated heterocycles. The number of methoxy groups -OCH3 is 1. The van der Waals surface area contributed by atoms with Crippen LogP contribution in [0.5, 0.6) is 0 Å². The molecule has 0 heterocycles. The summed E-state index contributed by atoms with van der Waals surface area (Å²) in [5.74, 6) is 0. The molecule has 1 rings (SSSR count). The van der Waals surface area contributed by atoms with Crippen LogP contribution in [0.2, 0.25) is 0 Å². The van der Waals surface area contributed by atoms with Gasteiger partial charge in [0.2, 0.25) is 0 Å². The van der Waals surface area contributed by atoms with Crippen LogP contribution in [0.3, 0.4) is 0 Å². The fourth-order valence-corrected chi connectivity index (χ4v) is 1.96. The highest BCUT2D eigenvalue weighted by molar-refractivity contribution is 4.85. The van der Waals surface area contributed by atoms with Gasteiger partial charge in [0, 0.05) is 7.11 Å². The number of rotatable bonds is 4. The van der Waals surface area contributed by atoms with E-state index in [1.807, 2.05) is 0 Å². The third-order valence-electron chi connectivity index (χ3n) is 2.92. The Morgan fingerprint density at radius 1 is 1.36 bits per heavy atom. The van der Waals surface area contributed by atoms with Crippen molar-refractivity contribution < 1.29 is 14.6 Å². The topological polar surface area (TPSA) is 38.7 Å². The van der Waals surface area contributed by atoms with E-state index in [1.165, 1.54) is 0 Å². The van der Waals surface area contributed by atoms with E-state index in [-0.39, 0.29) is 12.2 Å². The van der Waals surface area contributed by atoms with Gasteiger partial charge in [-0.05, 0) is 24.7 Å². The Morgan fingerprint density at radius 2 is 2.07 bits per heavy atom. The SMILES string of the molecule is COCCOC1CC(C)(C)CCC1O. The van der Waals surface area contributed by atoms with E-state index in [9.17, 15) is 5.11 Å². The molecule has 0 bridgehead atoms. The summed E-state index contributed by atoms with van der Waals surface area (Å²) in [7, 11) is 1.66. The summed E-state index contributed by atoms with van der Waals surface area (Å²) in [4.78, 5) is 0. The molecule has 84 valence electrons. The van der Waals surface area contributed by atoms with Gasteiger partial charge in [0.05, 0.1) is 25.4 Å². The molecule has 0 spiro atoms. The smallest absolute Gasteiger partial charge is 0.0840 e. The Kier molecular flexibility index (Phi) is 4.35. The first-order valence-electron chi connectivity index (χ1n) is 5.34. The summed E-state index contributed by atoms with van der Waals surface area (Å²) < 4.78 is 10.5. The predicted molar refractivity (Wildman–Crippen MR) is 55.3 cm³/mol. The second kappa shape index (κ2) is 5.10. The molecule has 0 aromatic heterocycles. The van der Waals surface area contributed by atoms with Gasteiger partial charge in [0.15, 0.2) is 0 Å². The molecule has 0 amide bonds. The Labute approximate surface area is 86.4 Å². The molecule has 1 saturated carbocycles. The summed E-state index contributed by atoms with van der Waals surface area (Å²) in [5.41, 5.74) is 0.303. The van der Waals surface area contributed by atoms with Crippen molar-refractivity contribution in [1.82, 2.24) is 0 Å². The van der Waals surface area contributed by atoms with Gasteiger partial charge < -0.3 is 14.6 Å². The molecule has 1 fully saturated rings. The van der Waals surface area contributed by atoms with Crippen molar-refractivity contribution in [3.05, 3.63) is 0 Å². The lowest BCUT2D eigenvalue weighted by Gasteiger charge is -2.38. The van der Waals surface area contributed by atoms with Crippen molar-refractivity contribution >= 4 is 0 Å². The third kappa shape index (κ3) is 3.56. The van der Waals surface area contributed by atoms with Gasteiger partial charge in [0.1, 0.15) is 0 Å². The maximum atomic E-state index is 9.73. The third-order valence-corrected chi connectivity index (χ3v) is 2.92. The van der Waals surface area contributed by atoms with Crippen molar-refractivity contribution in [3.8, 4) is 0 Å². The van der Waals surface area contributed by atoms with Crippen LogP contribution in [0.25, 0.3) is 0 Å². The van der Waals surface area contributed by atoms with Crippen LogP contribution in [0.4, 0.5) is 0 Å². The largest absolute Gasteiger partial charge is 0.390 e. The van der Waals surface area contributed by atoms with Gasteiger partial charge in [0.25, 0.3) is 0 Å². The van der Waals surface area contributed by atoms with E-state index in [1.54, 1.807) is 7.11 Å². The minimum atomic E-state index is -0.292. The molecule has 1 N–H and O–H groups in total. The van der Waals surface area contributed by atoms with Crippen molar-refractivity contribution in [2.24, 2.45) is 5.41 Å². The highest BCUT2D eigenvalue weighted by atomic mass is 16.5. The first kappa shape index (κ1) is 12.0. The maximum Gasteiger partial charge on any atom is 0.0840 e. The molecule has 1 aliphatic carbocycles. The molecule has 3 nitrogen and oxygen atoms in total. The average molecular weight is 202 g/mol. The van der Waals surface area contributed by atoms with E-state index < -0.39 is 0 Å². The number of aliphatic hydroxyl groups is 1. The Bertz CT molecular complexity index is 168. The minimum absolute atomic E-state index is 0.00565. The summed E-state index contributed by atoms with van der Waals surface area (Å²) in [6.07, 6.45) is 2.58. The van der Waals surface area contributed by atoms with Gasteiger partial charge >= 0.3 is 0 Å². The molecular weight excluding hydrogens is 180 g/mol. The first-order valence-corrected chi connectivity index (χ1v) is 5.34. The van der Waals surface area contributed by atoms with Crippen LogP contribution in [0.1, 0.15) is 33.1 Å². The second-order valence-electron chi connectivity index (χ2n) is 4.88. The quantitative estimate of drug-likeness (QED) is 0.704. The molecule has 0 radical (unpaired) electrons. The molecule has 0 aliphatic heterocycles. The van der Waals surface area contributed by atoms with Crippen molar-refractivity contribution in [2.75, 3.05) is 20.3 Å². The number of aliphatic hydroxyl groups excluding tert-OH is 1. The minimum Gasteiger partial charge on any atom is -0.390 e. The highest BCUT2D eigenvalue weighted by Gasteiger charge is 2.34. The van der Waals surface area contributed by atoms with Crippen molar-refractivity contribution in [3.63, 3.8) is 0 Å². The number of hydrogen-bond donors (Lipinski definition) is 1. The highest BCUT2D eigenvalue weighted by Crippen LogP contribution is 2.36. The van der Waals surface area contributed by atoms with Crippen LogP contribution in [0, 0.1) is 5.41 Å². The summed E-state index contributed by atoms with van der Waals surface area (Å²) in [5, 5.41) is 9.73. The van der Waals surface area contributed by atoms with Gasteiger partial charge in [-0.2, -0.15) is 0 Å². The van der Waals surface area contributed by atoms with E-state index in [2.05, 4.69) is 13.8 Å². The fraction of sp³-hybridized carbons (Fsp3) is 1.00. The first-order chi connectivity index (χ1) is 6.55. The molecule has 2 atom stereocenters. The van der Waals surface area contributed by atoms with Crippen LogP contribution in [0.15, 0.2) is 0 Å². The van der Waals surface area contributed by atoms with E-state index >= 15 is 0 Å². The molecule has 2 unspecified atom stereocenters. The fourth-order valence-electron chi connectivity index (χ4n) is 1.96. The van der Waals surface area contributed by atoms with Gasteiger partial charge in [-0.25, -0.2) is 0 Å². The van der Waals surface area contributed by atoms with Crippen molar-refractivity contribution in [2.45, 2.75) is 45.3 Å². The summed E-state index contributed by atoms with van der Waals surface area (Å²) in [6, 6.07) is 0. The molecule has 0 aromatic rings. The van der Waals surface area contributed by atoms with Gasteiger partial charge in [-0.15, -0.1) is 0 Å². The maximum absolute atomic E-state index is 9.73. The average Bonchev–Trinajstić information content (AvgIpc) is 2.11. The van der Waals surface area contributed by atoms with Gasteiger partial charge in [-0.1, -0.05) is 13.8 Å². The predicted octanol–water partition coefficient (Wildman–Crippen LogP) is 1.59. The second-order valence-corrected chi connectivity index (χ2v) is 4.88. The standard InChI is InChI=1S/C11H22O3/c1-11(2)5-4-9(12)10(8-11)14-7-6-13-3/h9-10,12H,4-8H2,1-3H3. The lowest BCUT2D eigenvalue weighted by molar-refractivity contribution is -0.0943. The monoisotopic (exact) mass is 202 g/mol. The molecule has 1 aliphatic rings. The lowest BCUT2D eigenvalue weighted by atomic mass is 9.75. The zero-order chi connectivity index (χ0) is 10.6. The van der Waals surface area contributed by atoms with E-state index in [4.69, 9.17) is 9.47 Å². The van der Waals surface area contributed by atoms with Crippen LogP contribution >= 0.6 is 0 Å². The number of ether oxygens (including phenoxy) is 2. The zero-order valence-electron chi connectivity index (χ0n) is 9.45. The molecule has 3 heteroatoms. The normalized spacial score (nSPS) is 31.7. The van der Waals surface area contributed by atoms with Crippen LogP contribution in [-0.2, 0) is 9.47 Å². The molecular formula is C11H22O3. The van der Waals surface area contributed by atoms with Crippen LogP contribution < -0.4 is 0 Å². The van der Waals surface area contributed by atoms with Gasteiger partial charge in [-0.3, -0.25) is 0 Å². The lowest BCUT2D eigenvalue weighted by Crippen LogP contribution is -2.39. The van der Waals surface area contributed by atoms with E-state index in [0.29, 0.717) is 18.6 Å². The Morgan fingerprint density at radius 3 is 2.71 bits per heavy atom. The van der Waals surface area contributed by atoms with Crippen molar-refractivity contribution in [1.29, 1.82) is 0 Å².